The van der Waals surface area contributed by atoms with Crippen molar-refractivity contribution in [3.63, 3.8) is 0 Å². The van der Waals surface area contributed by atoms with Crippen molar-refractivity contribution in [3.8, 4) is 5.69 Å². The van der Waals surface area contributed by atoms with E-state index in [1.807, 2.05) is 6.07 Å². The predicted octanol–water partition coefficient (Wildman–Crippen LogP) is 3.12. The molecule has 0 aliphatic rings. The summed E-state index contributed by atoms with van der Waals surface area (Å²) in [6.45, 7) is 3.73. The van der Waals surface area contributed by atoms with Crippen molar-refractivity contribution >= 4 is 17.3 Å². The summed E-state index contributed by atoms with van der Waals surface area (Å²) in [5, 5.41) is 15.5. The van der Waals surface area contributed by atoms with Gasteiger partial charge in [-0.1, -0.05) is 30.3 Å². The van der Waals surface area contributed by atoms with Crippen molar-refractivity contribution in [3.05, 3.63) is 92.4 Å². The third-order valence-corrected chi connectivity index (χ3v) is 4.25. The zero-order chi connectivity index (χ0) is 20.3. The molecule has 0 aliphatic carbocycles. The third kappa shape index (κ3) is 3.52. The molecule has 0 N–H and O–H groups in total. The number of nitro groups is 1. The fourth-order valence-electron chi connectivity index (χ4n) is 2.92. The van der Waals surface area contributed by atoms with Crippen LogP contribution >= 0.6 is 0 Å². The second-order valence-corrected chi connectivity index (χ2v) is 6.04. The predicted molar refractivity (Wildman–Crippen MR) is 105 cm³/mol. The summed E-state index contributed by atoms with van der Waals surface area (Å²) in [7, 11) is 0. The average Bonchev–Trinajstić information content (AvgIpc) is 2.69. The molecule has 0 aliphatic heterocycles. The van der Waals surface area contributed by atoms with E-state index in [1.165, 1.54) is 27.8 Å². The molecule has 142 valence electrons. The van der Waals surface area contributed by atoms with Crippen molar-refractivity contribution in [2.75, 3.05) is 11.4 Å². The van der Waals surface area contributed by atoms with Gasteiger partial charge in [-0.25, -0.2) is 4.68 Å². The van der Waals surface area contributed by atoms with Gasteiger partial charge in [0.1, 0.15) is 5.69 Å². The first-order valence-electron chi connectivity index (χ1n) is 8.65. The molecule has 1 heterocycles. The maximum Gasteiger partial charge on any atom is 0.294 e. The van der Waals surface area contributed by atoms with Gasteiger partial charge in [0, 0.05) is 30.1 Å². The number of para-hydroxylation sites is 3. The van der Waals surface area contributed by atoms with Crippen LogP contribution in [-0.4, -0.2) is 27.2 Å². The fourth-order valence-corrected chi connectivity index (χ4v) is 2.92. The molecule has 3 aromatic rings. The van der Waals surface area contributed by atoms with E-state index in [-0.39, 0.29) is 17.1 Å². The zero-order valence-corrected chi connectivity index (χ0v) is 15.4. The Balaban J connectivity index is 2.14. The first kappa shape index (κ1) is 19.0. The lowest BCUT2D eigenvalue weighted by Gasteiger charge is -2.21. The molecular formula is C20H18N4O4. The maximum absolute atomic E-state index is 13.0. The quantitative estimate of drug-likeness (QED) is 0.502. The van der Waals surface area contributed by atoms with Crippen LogP contribution in [0, 0.1) is 17.0 Å². The van der Waals surface area contributed by atoms with Crippen molar-refractivity contribution in [2.45, 2.75) is 13.8 Å². The Morgan fingerprint density at radius 2 is 1.79 bits per heavy atom. The third-order valence-electron chi connectivity index (χ3n) is 4.25. The van der Waals surface area contributed by atoms with Crippen molar-refractivity contribution in [1.29, 1.82) is 0 Å². The van der Waals surface area contributed by atoms with Crippen LogP contribution in [0.3, 0.4) is 0 Å². The van der Waals surface area contributed by atoms with Crippen LogP contribution in [0.5, 0.6) is 0 Å². The lowest BCUT2D eigenvalue weighted by Crippen LogP contribution is -2.36. The summed E-state index contributed by atoms with van der Waals surface area (Å²) in [6.07, 6.45) is 0. The van der Waals surface area contributed by atoms with Gasteiger partial charge in [0.25, 0.3) is 11.6 Å². The number of anilines is 1. The Kier molecular flexibility index (Phi) is 5.30. The summed E-state index contributed by atoms with van der Waals surface area (Å²) in [5.41, 5.74) is 0.200. The number of carbonyl (C=O) groups excluding carboxylic acids is 1. The van der Waals surface area contributed by atoms with Gasteiger partial charge in [0.2, 0.25) is 5.43 Å². The lowest BCUT2D eigenvalue weighted by molar-refractivity contribution is -0.384. The number of rotatable bonds is 5. The Labute approximate surface area is 160 Å². The SMILES string of the molecule is CCN(C(=O)c1nn(-c2ccccc2[N+](=O)[O-])c(C)cc1=O)c1ccccc1. The monoisotopic (exact) mass is 378 g/mol. The maximum atomic E-state index is 13.0. The lowest BCUT2D eigenvalue weighted by atomic mass is 10.2. The number of nitro benzene ring substituents is 1. The second kappa shape index (κ2) is 7.83. The number of benzene rings is 2. The second-order valence-electron chi connectivity index (χ2n) is 6.04. The smallest absolute Gasteiger partial charge is 0.294 e. The van der Waals surface area contributed by atoms with Gasteiger partial charge in [-0.15, -0.1) is 0 Å². The minimum Gasteiger partial charge on any atom is -0.307 e. The molecule has 28 heavy (non-hydrogen) atoms. The van der Waals surface area contributed by atoms with Crippen molar-refractivity contribution in [2.24, 2.45) is 0 Å². The molecule has 2 aromatic carbocycles. The van der Waals surface area contributed by atoms with E-state index in [2.05, 4.69) is 5.10 Å². The van der Waals surface area contributed by atoms with Crippen LogP contribution < -0.4 is 10.3 Å². The van der Waals surface area contributed by atoms with E-state index in [1.54, 1.807) is 50.2 Å². The summed E-state index contributed by atoms with van der Waals surface area (Å²) < 4.78 is 1.26. The van der Waals surface area contributed by atoms with Gasteiger partial charge in [-0.2, -0.15) is 5.10 Å². The first-order chi connectivity index (χ1) is 13.4. The number of hydrogen-bond acceptors (Lipinski definition) is 5. The number of carbonyl (C=O) groups is 1. The van der Waals surface area contributed by atoms with Gasteiger partial charge in [-0.05, 0) is 32.0 Å². The minimum atomic E-state index is -0.564. The van der Waals surface area contributed by atoms with Gasteiger partial charge < -0.3 is 4.90 Å². The number of aromatic nitrogens is 2. The molecule has 0 atom stereocenters. The molecule has 3 rings (SSSR count). The number of nitrogens with zero attached hydrogens (tertiary/aromatic N) is 4. The highest BCUT2D eigenvalue weighted by Crippen LogP contribution is 2.22. The number of amides is 1. The highest BCUT2D eigenvalue weighted by atomic mass is 16.6. The van der Waals surface area contributed by atoms with Gasteiger partial charge in [0.15, 0.2) is 5.69 Å². The van der Waals surface area contributed by atoms with E-state index in [0.717, 1.165) is 0 Å². The van der Waals surface area contributed by atoms with E-state index in [9.17, 15) is 19.7 Å². The zero-order valence-electron chi connectivity index (χ0n) is 15.4. The van der Waals surface area contributed by atoms with Gasteiger partial charge >= 0.3 is 0 Å². The largest absolute Gasteiger partial charge is 0.307 e. The summed E-state index contributed by atoms with van der Waals surface area (Å²) in [4.78, 5) is 37.8. The molecule has 8 nitrogen and oxygen atoms in total. The van der Waals surface area contributed by atoms with Crippen molar-refractivity contribution < 1.29 is 9.72 Å². The average molecular weight is 378 g/mol. The highest BCUT2D eigenvalue weighted by Gasteiger charge is 2.23. The molecule has 0 spiro atoms. The van der Waals surface area contributed by atoms with Crippen LogP contribution in [0.4, 0.5) is 11.4 Å². The molecule has 1 amide bonds. The Bertz CT molecular complexity index is 1090. The van der Waals surface area contributed by atoms with Crippen LogP contribution in [0.25, 0.3) is 5.69 Å². The minimum absolute atomic E-state index is 0.171. The van der Waals surface area contributed by atoms with Crippen molar-refractivity contribution in [1.82, 2.24) is 9.78 Å². The Morgan fingerprint density at radius 1 is 1.14 bits per heavy atom. The van der Waals surface area contributed by atoms with Gasteiger partial charge in [0.05, 0.1) is 4.92 Å². The van der Waals surface area contributed by atoms with E-state index >= 15 is 0 Å². The standard InChI is InChI=1S/C20H18N4O4/c1-3-22(15-9-5-4-6-10-15)20(26)19-18(25)13-14(2)23(21-19)16-11-7-8-12-17(16)24(27)28/h4-13H,3H2,1-2H3. The number of hydrogen-bond donors (Lipinski definition) is 0. The fraction of sp³-hybridized carbons (Fsp3) is 0.150. The molecule has 1 aromatic heterocycles. The topological polar surface area (TPSA) is 98.3 Å². The van der Waals surface area contributed by atoms with Crippen LogP contribution in [-0.2, 0) is 0 Å². The summed E-state index contributed by atoms with van der Waals surface area (Å²) in [6, 6.07) is 16.2. The molecule has 0 saturated carbocycles. The van der Waals surface area contributed by atoms with Crippen LogP contribution in [0.15, 0.2) is 65.5 Å². The summed E-state index contributed by atoms with van der Waals surface area (Å²) >= 11 is 0. The molecule has 0 saturated heterocycles. The summed E-state index contributed by atoms with van der Waals surface area (Å²) in [5.74, 6) is -0.564. The molecule has 0 unspecified atom stereocenters. The van der Waals surface area contributed by atoms with E-state index in [0.29, 0.717) is 17.9 Å². The highest BCUT2D eigenvalue weighted by molar-refractivity contribution is 6.04. The Hall–Kier alpha value is -3.81. The normalized spacial score (nSPS) is 10.5. The van der Waals surface area contributed by atoms with Crippen LogP contribution in [0.2, 0.25) is 0 Å². The van der Waals surface area contributed by atoms with E-state index in [4.69, 9.17) is 0 Å². The Morgan fingerprint density at radius 3 is 2.43 bits per heavy atom. The number of aryl methyl sites for hydroxylation is 1. The molecule has 0 bridgehead atoms. The van der Waals surface area contributed by atoms with Gasteiger partial charge in [-0.3, -0.25) is 19.7 Å². The first-order valence-corrected chi connectivity index (χ1v) is 8.65. The van der Waals surface area contributed by atoms with E-state index < -0.39 is 16.3 Å². The molecule has 0 radical (unpaired) electrons. The molecule has 8 heteroatoms. The van der Waals surface area contributed by atoms with Crippen LogP contribution in [0.1, 0.15) is 23.1 Å². The molecular weight excluding hydrogens is 360 g/mol. The molecule has 0 fully saturated rings.